The highest BCUT2D eigenvalue weighted by Crippen LogP contribution is 2.39. The van der Waals surface area contributed by atoms with Crippen LogP contribution in [0.25, 0.3) is 33.3 Å². The van der Waals surface area contributed by atoms with Crippen molar-refractivity contribution in [3.05, 3.63) is 97.7 Å². The van der Waals surface area contributed by atoms with Crippen LogP contribution >= 0.6 is 44.0 Å². The van der Waals surface area contributed by atoms with Crippen LogP contribution in [0.2, 0.25) is 15.1 Å². The minimum absolute atomic E-state index is 0.102. The topological polar surface area (TPSA) is 25.2 Å². The van der Waals surface area contributed by atoms with Crippen LogP contribution in [0.1, 0.15) is 32.8 Å². The van der Waals surface area contributed by atoms with Gasteiger partial charge in [-0.15, -0.1) is 9.24 Å². The van der Waals surface area contributed by atoms with Gasteiger partial charge in [-0.3, -0.25) is 14.3 Å². The maximum absolute atomic E-state index is 13.3. The number of hydrogen-bond donors (Lipinski definition) is 0. The molecule has 1 aliphatic heterocycles. The van der Waals surface area contributed by atoms with E-state index in [-0.39, 0.29) is 11.1 Å². The molecule has 0 amide bonds. The third-order valence-corrected chi connectivity index (χ3v) is 8.27. The molecule has 3 aromatic carbocycles. The van der Waals surface area contributed by atoms with Crippen molar-refractivity contribution >= 4 is 65.8 Å². The van der Waals surface area contributed by atoms with Crippen LogP contribution < -0.4 is 10.9 Å². The van der Waals surface area contributed by atoms with Crippen LogP contribution in [0, 0.1) is 0 Å². The Labute approximate surface area is 234 Å². The number of para-hydroxylation sites is 1. The Morgan fingerprint density at radius 1 is 0.865 bits per heavy atom. The van der Waals surface area contributed by atoms with Crippen LogP contribution in [0.5, 0.6) is 0 Å². The fourth-order valence-electron chi connectivity index (χ4n) is 4.98. The van der Waals surface area contributed by atoms with Gasteiger partial charge in [-0.1, -0.05) is 59.1 Å². The standard InChI is InChI=1S/C30H28Cl3N2OP/c1-30(2,3)34-13-11-18(12-14-34)19-15-23(21-8-7-20(37)17-26(21)33)22-9-10-28(36)35(27(22)16-19)29-24(31)5-4-6-25(29)32/h4-11,15-17H,12-14,37H2,1-3H3. The fraction of sp³-hybridized carbons (Fsp3) is 0.233. The number of aromatic nitrogens is 1. The second-order valence-corrected chi connectivity index (χ2v) is 12.3. The quantitative estimate of drug-likeness (QED) is 0.234. The van der Waals surface area contributed by atoms with Gasteiger partial charge in [0.05, 0.1) is 21.2 Å². The van der Waals surface area contributed by atoms with E-state index in [9.17, 15) is 4.79 Å². The lowest BCUT2D eigenvalue weighted by Gasteiger charge is -2.37. The third kappa shape index (κ3) is 5.13. The predicted octanol–water partition coefficient (Wildman–Crippen LogP) is 8.01. The molecule has 0 radical (unpaired) electrons. The Hall–Kier alpha value is -2.13. The summed E-state index contributed by atoms with van der Waals surface area (Å²) in [5, 5.41) is 3.38. The number of pyridine rings is 1. The summed E-state index contributed by atoms with van der Waals surface area (Å²) < 4.78 is 1.62. The molecule has 2 heterocycles. The van der Waals surface area contributed by atoms with E-state index in [4.69, 9.17) is 34.8 Å². The second-order valence-electron chi connectivity index (χ2n) is 10.4. The first kappa shape index (κ1) is 26.5. The van der Waals surface area contributed by atoms with Crippen molar-refractivity contribution in [1.82, 2.24) is 9.47 Å². The van der Waals surface area contributed by atoms with Gasteiger partial charge in [0.1, 0.15) is 0 Å². The summed E-state index contributed by atoms with van der Waals surface area (Å²) in [6.45, 7) is 8.55. The van der Waals surface area contributed by atoms with E-state index in [0.29, 0.717) is 20.8 Å². The molecule has 0 saturated carbocycles. The van der Waals surface area contributed by atoms with Crippen molar-refractivity contribution in [2.75, 3.05) is 13.1 Å². The Morgan fingerprint density at radius 3 is 2.22 bits per heavy atom. The summed E-state index contributed by atoms with van der Waals surface area (Å²) in [7, 11) is 2.68. The number of rotatable bonds is 3. The Balaban J connectivity index is 1.82. The third-order valence-electron chi connectivity index (χ3n) is 6.99. The lowest BCUT2D eigenvalue weighted by molar-refractivity contribution is 0.153. The molecule has 190 valence electrons. The predicted molar refractivity (Wildman–Crippen MR) is 163 cm³/mol. The van der Waals surface area contributed by atoms with Gasteiger partial charge in [0, 0.05) is 40.7 Å². The summed E-state index contributed by atoms with van der Waals surface area (Å²) in [6, 6.07) is 18.9. The first-order chi connectivity index (χ1) is 17.5. The Kier molecular flexibility index (Phi) is 7.31. The van der Waals surface area contributed by atoms with Crippen molar-refractivity contribution in [2.24, 2.45) is 0 Å². The first-order valence-electron chi connectivity index (χ1n) is 12.2. The molecule has 0 fully saturated rings. The molecular formula is C30H28Cl3N2OP. The lowest BCUT2D eigenvalue weighted by Crippen LogP contribution is -2.43. The molecule has 0 spiro atoms. The maximum Gasteiger partial charge on any atom is 0.255 e. The molecule has 0 aliphatic carbocycles. The molecule has 1 aliphatic rings. The van der Waals surface area contributed by atoms with E-state index < -0.39 is 0 Å². The van der Waals surface area contributed by atoms with Crippen LogP contribution in [0.4, 0.5) is 0 Å². The summed E-state index contributed by atoms with van der Waals surface area (Å²) in [6.07, 6.45) is 3.20. The summed E-state index contributed by atoms with van der Waals surface area (Å²) in [5.74, 6) is 0. The van der Waals surface area contributed by atoms with E-state index in [0.717, 1.165) is 52.4 Å². The molecule has 37 heavy (non-hydrogen) atoms. The number of nitrogens with zero attached hydrogens (tertiary/aromatic N) is 2. The normalized spacial score (nSPS) is 14.7. The summed E-state index contributed by atoms with van der Waals surface area (Å²) in [5.41, 5.74) is 5.29. The zero-order valence-electron chi connectivity index (χ0n) is 21.0. The molecule has 1 atom stereocenters. The monoisotopic (exact) mass is 568 g/mol. The Bertz CT molecular complexity index is 1600. The molecule has 0 saturated heterocycles. The average Bonchev–Trinajstić information content (AvgIpc) is 2.84. The molecule has 4 aromatic rings. The molecule has 0 N–H and O–H groups in total. The highest BCUT2D eigenvalue weighted by atomic mass is 35.5. The van der Waals surface area contributed by atoms with Gasteiger partial charge in [-0.2, -0.15) is 0 Å². The van der Waals surface area contributed by atoms with Gasteiger partial charge in [-0.25, -0.2) is 0 Å². The van der Waals surface area contributed by atoms with E-state index in [1.165, 1.54) is 5.57 Å². The maximum atomic E-state index is 13.3. The number of benzene rings is 3. The highest BCUT2D eigenvalue weighted by molar-refractivity contribution is 7.27. The minimum atomic E-state index is -0.200. The molecule has 5 rings (SSSR count). The van der Waals surface area contributed by atoms with Gasteiger partial charge in [0.2, 0.25) is 0 Å². The van der Waals surface area contributed by atoms with Crippen molar-refractivity contribution in [3.63, 3.8) is 0 Å². The second kappa shape index (κ2) is 10.2. The largest absolute Gasteiger partial charge is 0.294 e. The van der Waals surface area contributed by atoms with E-state index in [1.54, 1.807) is 28.8 Å². The van der Waals surface area contributed by atoms with Gasteiger partial charge in [0.15, 0.2) is 0 Å². The molecule has 7 heteroatoms. The van der Waals surface area contributed by atoms with Gasteiger partial charge in [-0.05, 0) is 85.6 Å². The SMILES string of the molecule is CC(C)(C)N1CC=C(c2cc(-c3ccc(P)cc3Cl)c3ccc(=O)n(-c4c(Cl)cccc4Cl)c3c2)CC1. The van der Waals surface area contributed by atoms with Crippen molar-refractivity contribution in [1.29, 1.82) is 0 Å². The summed E-state index contributed by atoms with van der Waals surface area (Å²) in [4.78, 5) is 15.8. The van der Waals surface area contributed by atoms with Crippen molar-refractivity contribution < 1.29 is 0 Å². The molecule has 3 nitrogen and oxygen atoms in total. The van der Waals surface area contributed by atoms with E-state index in [2.05, 4.69) is 53.1 Å². The zero-order valence-corrected chi connectivity index (χ0v) is 24.4. The summed E-state index contributed by atoms with van der Waals surface area (Å²) >= 11 is 20.0. The van der Waals surface area contributed by atoms with Gasteiger partial charge < -0.3 is 0 Å². The van der Waals surface area contributed by atoms with Crippen molar-refractivity contribution in [3.8, 4) is 16.8 Å². The van der Waals surface area contributed by atoms with Crippen LogP contribution in [-0.2, 0) is 0 Å². The fourth-order valence-corrected chi connectivity index (χ4v) is 6.20. The average molecular weight is 570 g/mol. The molecular weight excluding hydrogens is 542 g/mol. The van der Waals surface area contributed by atoms with Crippen LogP contribution in [0.15, 0.2) is 71.5 Å². The number of halogens is 3. The lowest BCUT2D eigenvalue weighted by atomic mass is 9.91. The van der Waals surface area contributed by atoms with Gasteiger partial charge in [0.25, 0.3) is 5.56 Å². The number of hydrogen-bond acceptors (Lipinski definition) is 2. The zero-order chi connectivity index (χ0) is 26.5. The smallest absolute Gasteiger partial charge is 0.255 e. The highest BCUT2D eigenvalue weighted by Gasteiger charge is 2.24. The van der Waals surface area contributed by atoms with Crippen LogP contribution in [-0.4, -0.2) is 28.1 Å². The van der Waals surface area contributed by atoms with Gasteiger partial charge >= 0.3 is 0 Å². The van der Waals surface area contributed by atoms with Crippen molar-refractivity contribution in [2.45, 2.75) is 32.7 Å². The first-order valence-corrected chi connectivity index (χ1v) is 13.9. The van der Waals surface area contributed by atoms with E-state index in [1.807, 2.05) is 24.3 Å². The van der Waals surface area contributed by atoms with Crippen LogP contribution in [0.3, 0.4) is 0 Å². The molecule has 1 unspecified atom stereocenters. The van der Waals surface area contributed by atoms with E-state index >= 15 is 0 Å². The number of fused-ring (bicyclic) bond motifs is 1. The Morgan fingerprint density at radius 2 is 1.59 bits per heavy atom. The molecule has 1 aromatic heterocycles. The minimum Gasteiger partial charge on any atom is -0.294 e. The molecule has 0 bridgehead atoms.